The van der Waals surface area contributed by atoms with Gasteiger partial charge in [0, 0.05) is 23.0 Å². The highest BCUT2D eigenvalue weighted by Gasteiger charge is 2.20. The molecule has 0 aliphatic heterocycles. The molecular formula is C32H24OS. The average molecular weight is 457 g/mol. The monoisotopic (exact) mass is 456 g/mol. The lowest BCUT2D eigenvalue weighted by Gasteiger charge is -2.21. The molecular weight excluding hydrogens is 432 g/mol. The molecule has 0 N–H and O–H groups in total. The summed E-state index contributed by atoms with van der Waals surface area (Å²) in [5.41, 5.74) is 0. The summed E-state index contributed by atoms with van der Waals surface area (Å²) in [5, 5.41) is 13.4. The first-order chi connectivity index (χ1) is 16.7. The number of rotatable bonds is 2. The fraction of sp³-hybridized carbons (Fsp3) is 0.156. The minimum Gasteiger partial charge on any atom is -0.300 e. The average Bonchev–Trinajstić information content (AvgIpc) is 2.85. The molecule has 0 aromatic heterocycles. The molecule has 0 bridgehead atoms. The van der Waals surface area contributed by atoms with Gasteiger partial charge in [-0.3, -0.25) is 4.79 Å². The molecule has 0 amide bonds. The Morgan fingerprint density at radius 3 is 1.59 bits per heavy atom. The Morgan fingerprint density at radius 1 is 0.529 bits per heavy atom. The van der Waals surface area contributed by atoms with E-state index in [0.717, 1.165) is 25.7 Å². The lowest BCUT2D eigenvalue weighted by molar-refractivity contribution is -0.120. The van der Waals surface area contributed by atoms with E-state index in [9.17, 15) is 4.79 Å². The Bertz CT molecular complexity index is 1750. The van der Waals surface area contributed by atoms with Gasteiger partial charge in [0.1, 0.15) is 5.78 Å². The van der Waals surface area contributed by atoms with Crippen molar-refractivity contribution in [2.24, 2.45) is 0 Å². The van der Waals surface area contributed by atoms with E-state index in [1.165, 1.54) is 58.8 Å². The first kappa shape index (κ1) is 20.1. The number of hydrogen-bond donors (Lipinski definition) is 0. The lowest BCUT2D eigenvalue weighted by atomic mass is 9.96. The van der Waals surface area contributed by atoms with Gasteiger partial charge in [-0.1, -0.05) is 36.4 Å². The third-order valence-corrected chi connectivity index (χ3v) is 8.77. The third kappa shape index (κ3) is 3.45. The van der Waals surface area contributed by atoms with Crippen molar-refractivity contribution in [3.05, 3.63) is 91.0 Å². The van der Waals surface area contributed by atoms with Crippen molar-refractivity contribution in [3.8, 4) is 0 Å². The molecule has 0 saturated heterocycles. The number of carbonyl (C=O) groups is 1. The molecule has 34 heavy (non-hydrogen) atoms. The van der Waals surface area contributed by atoms with Crippen molar-refractivity contribution in [3.63, 3.8) is 0 Å². The van der Waals surface area contributed by atoms with Crippen LogP contribution in [0.2, 0.25) is 0 Å². The minimum atomic E-state index is 0.424. The zero-order valence-corrected chi connectivity index (χ0v) is 19.7. The van der Waals surface area contributed by atoms with Crippen molar-refractivity contribution >= 4 is 71.4 Å². The van der Waals surface area contributed by atoms with Crippen molar-refractivity contribution in [2.75, 3.05) is 0 Å². The highest BCUT2D eigenvalue weighted by atomic mass is 32.2. The Labute approximate surface area is 202 Å². The van der Waals surface area contributed by atoms with Crippen molar-refractivity contribution in [1.82, 2.24) is 0 Å². The van der Waals surface area contributed by atoms with Crippen LogP contribution in [0.1, 0.15) is 25.7 Å². The van der Waals surface area contributed by atoms with E-state index < -0.39 is 0 Å². The van der Waals surface area contributed by atoms with Gasteiger partial charge in [0.05, 0.1) is 0 Å². The second-order valence-electron chi connectivity index (χ2n) is 9.63. The van der Waals surface area contributed by atoms with Crippen molar-refractivity contribution < 1.29 is 4.79 Å². The van der Waals surface area contributed by atoms with Crippen LogP contribution in [0.15, 0.2) is 95.9 Å². The molecule has 0 heterocycles. The van der Waals surface area contributed by atoms with Crippen LogP contribution in [-0.2, 0) is 4.79 Å². The quantitative estimate of drug-likeness (QED) is 0.242. The highest BCUT2D eigenvalue weighted by Crippen LogP contribution is 2.39. The van der Waals surface area contributed by atoms with E-state index in [1.807, 2.05) is 11.8 Å². The normalized spacial score (nSPS) is 15.2. The molecule has 0 atom stereocenters. The van der Waals surface area contributed by atoms with Gasteiger partial charge >= 0.3 is 0 Å². The predicted molar refractivity (Wildman–Crippen MR) is 147 cm³/mol. The second kappa shape index (κ2) is 7.85. The van der Waals surface area contributed by atoms with Crippen molar-refractivity contribution in [1.29, 1.82) is 0 Å². The summed E-state index contributed by atoms with van der Waals surface area (Å²) >= 11 is 1.96. The van der Waals surface area contributed by atoms with Crippen LogP contribution in [0.25, 0.3) is 53.9 Å². The number of fused-ring (bicyclic) bond motifs is 5. The van der Waals surface area contributed by atoms with Crippen LogP contribution in [0.5, 0.6) is 0 Å². The first-order valence-electron chi connectivity index (χ1n) is 12.1. The van der Waals surface area contributed by atoms with Crippen LogP contribution in [0, 0.1) is 0 Å². The van der Waals surface area contributed by atoms with E-state index in [4.69, 9.17) is 0 Å². The molecule has 0 unspecified atom stereocenters. The zero-order valence-electron chi connectivity index (χ0n) is 18.9. The molecule has 1 fully saturated rings. The maximum absolute atomic E-state index is 11.7. The molecule has 7 rings (SSSR count). The summed E-state index contributed by atoms with van der Waals surface area (Å²) in [4.78, 5) is 13.0. The van der Waals surface area contributed by atoms with Crippen LogP contribution in [-0.4, -0.2) is 11.0 Å². The maximum Gasteiger partial charge on any atom is 0.132 e. The molecule has 1 saturated carbocycles. The van der Waals surface area contributed by atoms with Crippen LogP contribution >= 0.6 is 11.8 Å². The van der Waals surface area contributed by atoms with Gasteiger partial charge in [0.15, 0.2) is 0 Å². The molecule has 2 heteroatoms. The summed E-state index contributed by atoms with van der Waals surface area (Å²) in [5.74, 6) is 0.424. The van der Waals surface area contributed by atoms with E-state index in [0.29, 0.717) is 11.0 Å². The summed E-state index contributed by atoms with van der Waals surface area (Å²) in [7, 11) is 0. The highest BCUT2D eigenvalue weighted by molar-refractivity contribution is 8.00. The Hall–Kier alpha value is -3.36. The third-order valence-electron chi connectivity index (χ3n) is 7.36. The van der Waals surface area contributed by atoms with E-state index in [1.54, 1.807) is 0 Å². The molecule has 6 aromatic carbocycles. The van der Waals surface area contributed by atoms with Gasteiger partial charge in [0.2, 0.25) is 0 Å². The lowest BCUT2D eigenvalue weighted by Crippen LogP contribution is -2.15. The summed E-state index contributed by atoms with van der Waals surface area (Å²) < 4.78 is 0. The van der Waals surface area contributed by atoms with Gasteiger partial charge < -0.3 is 0 Å². The van der Waals surface area contributed by atoms with Crippen LogP contribution < -0.4 is 0 Å². The molecule has 164 valence electrons. The standard InChI is InChI=1S/C32H24OS/c33-29-8-10-30(11-9-29)34-32-7-3-6-22-14-25-17-26-15-23-12-20-4-1-2-5-21(20)13-24(23)16-27(26)18-28(25)19-31(22)32/h1-7,12-19,30H,8-11H2. The number of thioether (sulfide) groups is 1. The fourth-order valence-corrected chi connectivity index (χ4v) is 6.80. The van der Waals surface area contributed by atoms with Crippen LogP contribution in [0.3, 0.4) is 0 Å². The number of hydrogen-bond acceptors (Lipinski definition) is 2. The van der Waals surface area contributed by atoms with E-state index in [-0.39, 0.29) is 0 Å². The smallest absolute Gasteiger partial charge is 0.132 e. The largest absolute Gasteiger partial charge is 0.300 e. The van der Waals surface area contributed by atoms with Gasteiger partial charge in [-0.25, -0.2) is 0 Å². The molecule has 1 aliphatic rings. The predicted octanol–water partition coefficient (Wildman–Crippen LogP) is 9.06. The van der Waals surface area contributed by atoms with Gasteiger partial charge in [0.25, 0.3) is 0 Å². The Kier molecular flexibility index (Phi) is 4.63. The molecule has 1 nitrogen and oxygen atoms in total. The van der Waals surface area contributed by atoms with Crippen LogP contribution in [0.4, 0.5) is 0 Å². The Morgan fingerprint density at radius 2 is 1.00 bits per heavy atom. The SMILES string of the molecule is O=C1CCC(Sc2cccc3cc4cc5cc6cc7ccccc7cc6cc5cc4cc23)CC1. The zero-order chi connectivity index (χ0) is 22.6. The topological polar surface area (TPSA) is 17.1 Å². The van der Waals surface area contributed by atoms with Crippen molar-refractivity contribution in [2.45, 2.75) is 35.8 Å². The maximum atomic E-state index is 11.7. The summed E-state index contributed by atoms with van der Waals surface area (Å²) in [6.45, 7) is 0. The second-order valence-corrected chi connectivity index (χ2v) is 11.0. The minimum absolute atomic E-state index is 0.424. The number of benzene rings is 6. The Balaban J connectivity index is 1.37. The number of carbonyl (C=O) groups excluding carboxylic acids is 1. The summed E-state index contributed by atoms with van der Waals surface area (Å²) in [6, 6.07) is 33.9. The number of ketones is 1. The van der Waals surface area contributed by atoms with E-state index in [2.05, 4.69) is 91.0 Å². The molecule has 6 aromatic rings. The summed E-state index contributed by atoms with van der Waals surface area (Å²) in [6.07, 6.45) is 3.47. The van der Waals surface area contributed by atoms with Gasteiger partial charge in [-0.2, -0.15) is 0 Å². The molecule has 0 radical (unpaired) electrons. The number of Topliss-reactive ketones (excluding diaryl/α,β-unsaturated/α-hetero) is 1. The van der Waals surface area contributed by atoms with Gasteiger partial charge in [-0.15, -0.1) is 11.8 Å². The molecule has 0 spiro atoms. The van der Waals surface area contributed by atoms with E-state index >= 15 is 0 Å². The molecule has 1 aliphatic carbocycles. The van der Waals surface area contributed by atoms with Gasteiger partial charge in [-0.05, 0) is 121 Å². The fourth-order valence-electron chi connectivity index (χ4n) is 5.51. The first-order valence-corrected chi connectivity index (χ1v) is 13.0.